The molecule has 0 bridgehead atoms. The van der Waals surface area contributed by atoms with Crippen LogP contribution in [0.2, 0.25) is 5.02 Å². The predicted molar refractivity (Wildman–Crippen MR) is 65.8 cm³/mol. The number of benzene rings is 1. The lowest BCUT2D eigenvalue weighted by Crippen LogP contribution is -2.25. The van der Waals surface area contributed by atoms with Gasteiger partial charge in [0.05, 0.1) is 17.7 Å². The molecule has 94 valence electrons. The van der Waals surface area contributed by atoms with Crippen molar-refractivity contribution in [2.75, 3.05) is 14.2 Å². The number of carbonyl (C=O) groups excluding carboxylic acids is 1. The molecule has 0 aliphatic rings. The zero-order valence-corrected chi connectivity index (χ0v) is 10.5. The first-order chi connectivity index (χ1) is 8.56. The minimum absolute atomic E-state index is 0.138. The number of hydrogen-bond donors (Lipinski definition) is 0. The number of rotatable bonds is 2. The zero-order chi connectivity index (χ0) is 13.3. The minimum Gasteiger partial charge on any atom is -0.274 e. The van der Waals surface area contributed by atoms with Gasteiger partial charge in [0.2, 0.25) is 0 Å². The Balaban J connectivity index is 2.62. The van der Waals surface area contributed by atoms with E-state index in [0.29, 0.717) is 5.39 Å². The smallest absolute Gasteiger partial charge is 0.274 e. The molecule has 1 amide bonds. The van der Waals surface area contributed by atoms with Gasteiger partial charge in [0.1, 0.15) is 11.3 Å². The summed E-state index contributed by atoms with van der Waals surface area (Å²) in [5.74, 6) is -0.922. The highest BCUT2D eigenvalue weighted by Crippen LogP contribution is 2.27. The van der Waals surface area contributed by atoms with E-state index in [1.807, 2.05) is 0 Å². The second-order valence-corrected chi connectivity index (χ2v) is 3.99. The maximum atomic E-state index is 13.5. The monoisotopic (exact) mass is 268 g/mol. The first-order valence-electron chi connectivity index (χ1n) is 5.11. The molecule has 0 atom stereocenters. The van der Waals surface area contributed by atoms with E-state index in [-0.39, 0.29) is 16.1 Å². The molecular formula is C12H10ClFN2O2. The van der Waals surface area contributed by atoms with Crippen molar-refractivity contribution in [1.29, 1.82) is 0 Å². The molecule has 0 aliphatic carbocycles. The van der Waals surface area contributed by atoms with Gasteiger partial charge in [0.15, 0.2) is 0 Å². The van der Waals surface area contributed by atoms with E-state index in [1.54, 1.807) is 6.07 Å². The van der Waals surface area contributed by atoms with Crippen LogP contribution in [0, 0.1) is 5.82 Å². The van der Waals surface area contributed by atoms with Crippen molar-refractivity contribution >= 4 is 28.4 Å². The van der Waals surface area contributed by atoms with Crippen molar-refractivity contribution < 1.29 is 14.0 Å². The van der Waals surface area contributed by atoms with Crippen LogP contribution in [0.3, 0.4) is 0 Å². The molecule has 2 aromatic rings. The highest BCUT2D eigenvalue weighted by atomic mass is 35.5. The third kappa shape index (κ3) is 2.02. The summed E-state index contributed by atoms with van der Waals surface area (Å²) in [5.41, 5.74) is 0.304. The number of nitrogens with zero attached hydrogens (tertiary/aromatic N) is 2. The number of amides is 1. The number of aromatic nitrogens is 1. The number of para-hydroxylation sites is 1. The van der Waals surface area contributed by atoms with E-state index in [2.05, 4.69) is 4.98 Å². The molecule has 1 aromatic heterocycles. The average molecular weight is 269 g/mol. The number of halogens is 2. The van der Waals surface area contributed by atoms with Crippen LogP contribution in [0.5, 0.6) is 0 Å². The second-order valence-electron chi connectivity index (χ2n) is 3.61. The molecule has 18 heavy (non-hydrogen) atoms. The molecule has 0 saturated heterocycles. The fourth-order valence-electron chi connectivity index (χ4n) is 1.56. The Labute approximate surface area is 108 Å². The molecule has 1 aromatic carbocycles. The maximum absolute atomic E-state index is 13.5. The Hall–Kier alpha value is -1.72. The molecule has 0 N–H and O–H groups in total. The van der Waals surface area contributed by atoms with Gasteiger partial charge >= 0.3 is 0 Å². The summed E-state index contributed by atoms with van der Waals surface area (Å²) in [7, 11) is 2.81. The normalized spacial score (nSPS) is 10.7. The third-order valence-corrected chi connectivity index (χ3v) is 2.98. The van der Waals surface area contributed by atoms with Crippen LogP contribution in [-0.2, 0) is 4.84 Å². The topological polar surface area (TPSA) is 42.4 Å². The van der Waals surface area contributed by atoms with Gasteiger partial charge in [-0.2, -0.15) is 0 Å². The summed E-state index contributed by atoms with van der Waals surface area (Å²) in [5, 5.41) is 1.58. The lowest BCUT2D eigenvalue weighted by molar-refractivity contribution is -0.0757. The quantitative estimate of drug-likeness (QED) is 0.787. The van der Waals surface area contributed by atoms with Crippen LogP contribution in [0.4, 0.5) is 4.39 Å². The SMILES string of the molecule is CON(C)C(=O)c1cnc2c(F)cccc2c1Cl. The summed E-state index contributed by atoms with van der Waals surface area (Å²) < 4.78 is 13.5. The van der Waals surface area contributed by atoms with Crippen molar-refractivity contribution in [3.05, 3.63) is 40.8 Å². The molecular weight excluding hydrogens is 259 g/mol. The second kappa shape index (κ2) is 4.88. The van der Waals surface area contributed by atoms with Crippen LogP contribution >= 0.6 is 11.6 Å². The minimum atomic E-state index is -0.478. The molecule has 0 unspecified atom stereocenters. The van der Waals surface area contributed by atoms with Gasteiger partial charge in [-0.1, -0.05) is 23.7 Å². The highest BCUT2D eigenvalue weighted by Gasteiger charge is 2.18. The molecule has 1 heterocycles. The molecule has 4 nitrogen and oxygen atoms in total. The molecule has 6 heteroatoms. The summed E-state index contributed by atoms with van der Waals surface area (Å²) in [4.78, 5) is 20.6. The Morgan fingerprint density at radius 3 is 2.89 bits per heavy atom. The Kier molecular flexibility index (Phi) is 3.45. The summed E-state index contributed by atoms with van der Waals surface area (Å²) in [6, 6.07) is 4.41. The van der Waals surface area contributed by atoms with Crippen LogP contribution in [0.1, 0.15) is 10.4 Å². The van der Waals surface area contributed by atoms with Gasteiger partial charge in [-0.15, -0.1) is 0 Å². The number of pyridine rings is 1. The van der Waals surface area contributed by atoms with Gasteiger partial charge in [-0.3, -0.25) is 14.6 Å². The predicted octanol–water partition coefficient (Wildman–Crippen LogP) is 2.66. The molecule has 0 spiro atoms. The standard InChI is InChI=1S/C12H10ClFN2O2/c1-16(18-2)12(17)8-6-15-11-7(10(8)13)4-3-5-9(11)14/h3-6H,1-2H3. The summed E-state index contributed by atoms with van der Waals surface area (Å²) in [6.07, 6.45) is 1.24. The Morgan fingerprint density at radius 2 is 2.22 bits per heavy atom. The van der Waals surface area contributed by atoms with Crippen LogP contribution < -0.4 is 0 Å². The van der Waals surface area contributed by atoms with E-state index in [4.69, 9.17) is 16.4 Å². The summed E-state index contributed by atoms with van der Waals surface area (Å²) in [6.45, 7) is 0. The molecule has 0 saturated carbocycles. The van der Waals surface area contributed by atoms with E-state index < -0.39 is 11.7 Å². The van der Waals surface area contributed by atoms with Gasteiger partial charge in [0.25, 0.3) is 5.91 Å². The molecule has 0 fully saturated rings. The first kappa shape index (κ1) is 12.7. The summed E-state index contributed by atoms with van der Waals surface area (Å²) >= 11 is 6.10. The maximum Gasteiger partial charge on any atom is 0.280 e. The zero-order valence-electron chi connectivity index (χ0n) is 9.78. The first-order valence-corrected chi connectivity index (χ1v) is 5.49. The lowest BCUT2D eigenvalue weighted by Gasteiger charge is -2.14. The van der Waals surface area contributed by atoms with Crippen molar-refractivity contribution in [3.8, 4) is 0 Å². The largest absolute Gasteiger partial charge is 0.280 e. The molecule has 2 rings (SSSR count). The highest BCUT2D eigenvalue weighted by molar-refractivity contribution is 6.38. The van der Waals surface area contributed by atoms with E-state index in [9.17, 15) is 9.18 Å². The fourth-order valence-corrected chi connectivity index (χ4v) is 1.84. The number of fused-ring (bicyclic) bond motifs is 1. The van der Waals surface area contributed by atoms with Crippen molar-refractivity contribution in [2.24, 2.45) is 0 Å². The Bertz CT molecular complexity index is 618. The van der Waals surface area contributed by atoms with Crippen molar-refractivity contribution in [3.63, 3.8) is 0 Å². The fraction of sp³-hybridized carbons (Fsp3) is 0.167. The lowest BCUT2D eigenvalue weighted by atomic mass is 10.1. The van der Waals surface area contributed by atoms with E-state index in [1.165, 1.54) is 32.5 Å². The Morgan fingerprint density at radius 1 is 1.50 bits per heavy atom. The van der Waals surface area contributed by atoms with Crippen LogP contribution in [-0.4, -0.2) is 30.1 Å². The third-order valence-electron chi connectivity index (χ3n) is 2.57. The molecule has 0 aliphatic heterocycles. The molecule has 0 radical (unpaired) electrons. The van der Waals surface area contributed by atoms with Gasteiger partial charge in [-0.25, -0.2) is 9.45 Å². The van der Waals surface area contributed by atoms with Gasteiger partial charge < -0.3 is 0 Å². The van der Waals surface area contributed by atoms with Gasteiger partial charge in [0, 0.05) is 18.6 Å². The van der Waals surface area contributed by atoms with E-state index in [0.717, 1.165) is 5.06 Å². The van der Waals surface area contributed by atoms with Gasteiger partial charge in [-0.05, 0) is 6.07 Å². The van der Waals surface area contributed by atoms with Crippen molar-refractivity contribution in [2.45, 2.75) is 0 Å². The van der Waals surface area contributed by atoms with E-state index >= 15 is 0 Å². The van der Waals surface area contributed by atoms with Crippen molar-refractivity contribution in [1.82, 2.24) is 10.0 Å². The average Bonchev–Trinajstić information content (AvgIpc) is 2.38. The number of hydrogen-bond acceptors (Lipinski definition) is 3. The van der Waals surface area contributed by atoms with Crippen LogP contribution in [0.25, 0.3) is 10.9 Å². The van der Waals surface area contributed by atoms with Crippen LogP contribution in [0.15, 0.2) is 24.4 Å². The number of hydroxylamine groups is 2. The number of carbonyl (C=O) groups is 1.